The number of benzene rings is 2. The normalized spacial score (nSPS) is 18.7. The van der Waals surface area contributed by atoms with Crippen molar-refractivity contribution in [2.24, 2.45) is 0 Å². The molecule has 0 saturated carbocycles. The average molecular weight is 475 g/mol. The number of ether oxygens (including phenoxy) is 2. The van der Waals surface area contributed by atoms with Gasteiger partial charge in [0.05, 0.1) is 6.61 Å². The minimum atomic E-state index is -0.878. The van der Waals surface area contributed by atoms with E-state index in [1.807, 2.05) is 38.1 Å². The number of carbonyl (C=O) groups is 1. The summed E-state index contributed by atoms with van der Waals surface area (Å²) in [4.78, 5) is 13.1. The van der Waals surface area contributed by atoms with Gasteiger partial charge in [-0.1, -0.05) is 23.7 Å². The number of aliphatic hydroxyl groups is 1. The number of piperidine rings is 1. The van der Waals surface area contributed by atoms with Gasteiger partial charge < -0.3 is 19.9 Å². The Morgan fingerprint density at radius 1 is 1.15 bits per heavy atom. The molecule has 1 atom stereocenters. The van der Waals surface area contributed by atoms with Crippen LogP contribution in [0.3, 0.4) is 0 Å². The maximum atomic E-state index is 11.2. The van der Waals surface area contributed by atoms with Crippen LogP contribution in [0, 0.1) is 13.8 Å². The third-order valence-corrected chi connectivity index (χ3v) is 6.44. The molecule has 1 aliphatic rings. The average Bonchev–Trinajstić information content (AvgIpc) is 2.77. The van der Waals surface area contributed by atoms with Crippen LogP contribution in [0.1, 0.15) is 42.9 Å². The van der Waals surface area contributed by atoms with Crippen molar-refractivity contribution in [3.63, 3.8) is 0 Å². The van der Waals surface area contributed by atoms with E-state index in [-0.39, 0.29) is 12.5 Å². The van der Waals surface area contributed by atoms with Gasteiger partial charge in [-0.3, -0.25) is 9.69 Å². The predicted octanol–water partition coefficient (Wildman–Crippen LogP) is 4.27. The Morgan fingerprint density at radius 3 is 2.52 bits per heavy atom. The molecule has 7 heteroatoms. The third kappa shape index (κ3) is 7.91. The van der Waals surface area contributed by atoms with Crippen LogP contribution < -0.4 is 14.8 Å². The molecule has 1 amide bonds. The van der Waals surface area contributed by atoms with Crippen LogP contribution in [0.5, 0.6) is 11.5 Å². The third-order valence-electron chi connectivity index (χ3n) is 5.85. The van der Waals surface area contributed by atoms with Crippen LogP contribution in [0.15, 0.2) is 36.4 Å². The van der Waals surface area contributed by atoms with Gasteiger partial charge in [-0.25, -0.2) is 0 Å². The molecule has 0 spiro atoms. The molecule has 1 saturated heterocycles. The molecule has 2 N–H and O–H groups in total. The van der Waals surface area contributed by atoms with E-state index in [0.717, 1.165) is 60.0 Å². The Hall–Kier alpha value is -2.28. The van der Waals surface area contributed by atoms with E-state index in [9.17, 15) is 9.90 Å². The first-order chi connectivity index (χ1) is 15.7. The van der Waals surface area contributed by atoms with Crippen LogP contribution in [0.4, 0.5) is 0 Å². The van der Waals surface area contributed by atoms with Gasteiger partial charge in [0, 0.05) is 31.6 Å². The number of β-amino-alcohol motifs (C(OH)–C–C–N with tert-alkyl or cyclic N) is 1. The second kappa shape index (κ2) is 11.7. The number of aryl methyl sites for hydroxylation is 2. The topological polar surface area (TPSA) is 71.0 Å². The monoisotopic (exact) mass is 474 g/mol. The first-order valence-electron chi connectivity index (χ1n) is 11.5. The summed E-state index contributed by atoms with van der Waals surface area (Å²) in [5.74, 6) is 1.54. The second-order valence-corrected chi connectivity index (χ2v) is 9.41. The zero-order chi connectivity index (χ0) is 23.8. The van der Waals surface area contributed by atoms with Crippen molar-refractivity contribution >= 4 is 17.5 Å². The molecule has 3 rings (SSSR count). The highest BCUT2D eigenvalue weighted by atomic mass is 35.5. The summed E-state index contributed by atoms with van der Waals surface area (Å²) < 4.78 is 11.7. The first-order valence-corrected chi connectivity index (χ1v) is 11.9. The largest absolute Gasteiger partial charge is 0.494 e. The van der Waals surface area contributed by atoms with E-state index in [2.05, 4.69) is 22.3 Å². The maximum absolute atomic E-state index is 11.2. The van der Waals surface area contributed by atoms with Gasteiger partial charge in [-0.05, 0) is 80.6 Å². The minimum Gasteiger partial charge on any atom is -0.494 e. The second-order valence-electron chi connectivity index (χ2n) is 9.03. The number of hydrogen-bond donors (Lipinski definition) is 2. The van der Waals surface area contributed by atoms with Crippen molar-refractivity contribution in [2.45, 2.75) is 52.2 Å². The van der Waals surface area contributed by atoms with Gasteiger partial charge in [-0.2, -0.15) is 0 Å². The lowest BCUT2D eigenvalue weighted by Gasteiger charge is -2.39. The molecule has 0 radical (unpaired) electrons. The molecule has 0 bridgehead atoms. The summed E-state index contributed by atoms with van der Waals surface area (Å²) in [7, 11) is 0. The van der Waals surface area contributed by atoms with Crippen molar-refractivity contribution in [3.8, 4) is 11.5 Å². The van der Waals surface area contributed by atoms with Crippen LogP contribution in [0.2, 0.25) is 5.02 Å². The molecular formula is C26H35ClN2O4. The molecule has 2 aromatic rings. The zero-order valence-electron chi connectivity index (χ0n) is 19.8. The summed E-state index contributed by atoms with van der Waals surface area (Å²) in [6.07, 6.45) is 2.42. The van der Waals surface area contributed by atoms with E-state index in [0.29, 0.717) is 19.7 Å². The number of rotatable bonds is 10. The number of nitrogens with zero attached hydrogens (tertiary/aromatic N) is 1. The maximum Gasteiger partial charge on any atom is 0.216 e. The lowest BCUT2D eigenvalue weighted by atomic mass is 9.93. The lowest BCUT2D eigenvalue weighted by molar-refractivity contribution is -0.118. The van der Waals surface area contributed by atoms with Crippen molar-refractivity contribution < 1.29 is 19.4 Å². The Bertz CT molecular complexity index is 911. The van der Waals surface area contributed by atoms with E-state index >= 15 is 0 Å². The molecule has 33 heavy (non-hydrogen) atoms. The molecule has 6 nitrogen and oxygen atoms in total. The molecule has 1 fully saturated rings. The number of halogens is 1. The van der Waals surface area contributed by atoms with Crippen molar-refractivity contribution in [3.05, 3.63) is 58.1 Å². The van der Waals surface area contributed by atoms with E-state index < -0.39 is 5.60 Å². The molecule has 2 aromatic carbocycles. The van der Waals surface area contributed by atoms with Crippen molar-refractivity contribution in [1.82, 2.24) is 10.2 Å². The SMILES string of the molecule is CC(=O)NCCCOc1ccc(CN2CCC[C@@](O)(COc3cc(C)c(Cl)c(C)c3)C2)cc1. The Morgan fingerprint density at radius 2 is 1.85 bits per heavy atom. The number of amides is 1. The summed E-state index contributed by atoms with van der Waals surface area (Å²) in [5, 5.41) is 14.7. The summed E-state index contributed by atoms with van der Waals surface area (Å²) in [6, 6.07) is 11.9. The number of nitrogens with one attached hydrogen (secondary N) is 1. The molecule has 0 aromatic heterocycles. The Kier molecular flexibility index (Phi) is 9.01. The highest BCUT2D eigenvalue weighted by molar-refractivity contribution is 6.32. The quantitative estimate of drug-likeness (QED) is 0.503. The van der Waals surface area contributed by atoms with Gasteiger partial charge in [0.25, 0.3) is 0 Å². The van der Waals surface area contributed by atoms with Crippen LogP contribution >= 0.6 is 11.6 Å². The van der Waals surface area contributed by atoms with E-state index in [1.165, 1.54) is 12.5 Å². The van der Waals surface area contributed by atoms with E-state index in [1.54, 1.807) is 0 Å². The van der Waals surface area contributed by atoms with E-state index in [4.69, 9.17) is 21.1 Å². The van der Waals surface area contributed by atoms with Gasteiger partial charge in [0.1, 0.15) is 23.7 Å². The molecule has 0 aliphatic carbocycles. The smallest absolute Gasteiger partial charge is 0.216 e. The van der Waals surface area contributed by atoms with Gasteiger partial charge in [-0.15, -0.1) is 0 Å². The van der Waals surface area contributed by atoms with Crippen molar-refractivity contribution in [2.75, 3.05) is 32.8 Å². The van der Waals surface area contributed by atoms with Gasteiger partial charge >= 0.3 is 0 Å². The minimum absolute atomic E-state index is 0.0225. The Balaban J connectivity index is 1.47. The molecule has 1 heterocycles. The fourth-order valence-corrected chi connectivity index (χ4v) is 4.25. The number of carbonyl (C=O) groups excluding carboxylic acids is 1. The fourth-order valence-electron chi connectivity index (χ4n) is 4.14. The molecule has 0 unspecified atom stereocenters. The summed E-state index contributed by atoms with van der Waals surface area (Å²) in [5.41, 5.74) is 2.25. The standard InChI is InChI=1S/C26H35ClN2O4/c1-19-14-24(15-20(2)25(19)27)33-18-26(31)10-4-12-29(17-26)16-22-6-8-23(9-7-22)32-13-5-11-28-21(3)30/h6-9,14-15,31H,4-5,10-13,16-18H2,1-3H3,(H,28,30)/t26-/m0/s1. The molecule has 180 valence electrons. The highest BCUT2D eigenvalue weighted by Crippen LogP contribution is 2.28. The zero-order valence-corrected chi connectivity index (χ0v) is 20.6. The molecular weight excluding hydrogens is 440 g/mol. The first kappa shape index (κ1) is 25.3. The number of hydrogen-bond acceptors (Lipinski definition) is 5. The van der Waals surface area contributed by atoms with Crippen LogP contribution in [-0.2, 0) is 11.3 Å². The van der Waals surface area contributed by atoms with Gasteiger partial charge in [0.2, 0.25) is 5.91 Å². The fraction of sp³-hybridized carbons (Fsp3) is 0.500. The van der Waals surface area contributed by atoms with Gasteiger partial charge in [0.15, 0.2) is 0 Å². The van der Waals surface area contributed by atoms with Crippen molar-refractivity contribution in [1.29, 1.82) is 0 Å². The van der Waals surface area contributed by atoms with Crippen LogP contribution in [-0.4, -0.2) is 54.4 Å². The van der Waals surface area contributed by atoms with Crippen LogP contribution in [0.25, 0.3) is 0 Å². The Labute approximate surface area is 201 Å². The summed E-state index contributed by atoms with van der Waals surface area (Å²) >= 11 is 6.25. The predicted molar refractivity (Wildman–Crippen MR) is 131 cm³/mol. The number of likely N-dealkylation sites (tertiary alicyclic amines) is 1. The summed E-state index contributed by atoms with van der Waals surface area (Å²) in [6.45, 7) is 9.15. The highest BCUT2D eigenvalue weighted by Gasteiger charge is 2.34. The molecule has 1 aliphatic heterocycles. The lowest BCUT2D eigenvalue weighted by Crippen LogP contribution is -2.51.